The first kappa shape index (κ1) is 12.8. The third-order valence-corrected chi connectivity index (χ3v) is 2.39. The van der Waals surface area contributed by atoms with Gasteiger partial charge in [-0.2, -0.15) is 0 Å². The Morgan fingerprint density at radius 3 is 2.75 bits per heavy atom. The number of aromatic hydroxyl groups is 1. The predicted molar refractivity (Wildman–Crippen MR) is 59.3 cm³/mol. The number of aliphatic hydroxyl groups is 1. The number of hydrogen-bond acceptors (Lipinski definition) is 4. The molecule has 0 aliphatic carbocycles. The Kier molecular flexibility index (Phi) is 3.78. The third-order valence-electron chi connectivity index (χ3n) is 2.16. The van der Waals surface area contributed by atoms with Crippen LogP contribution in [-0.4, -0.2) is 22.8 Å². The first-order valence-corrected chi connectivity index (χ1v) is 5.16. The largest absolute Gasteiger partial charge is 0.508 e. The second-order valence-electron chi connectivity index (χ2n) is 3.45. The first-order valence-electron chi connectivity index (χ1n) is 4.78. The maximum Gasteiger partial charge on any atom is 0.342 e. The minimum absolute atomic E-state index is 0.0263. The minimum Gasteiger partial charge on any atom is -0.508 e. The Hall–Kier alpha value is -1.26. The highest BCUT2D eigenvalue weighted by molar-refractivity contribution is 6.30. The molecule has 0 aliphatic rings. The molecule has 0 amide bonds. The van der Waals surface area contributed by atoms with E-state index in [1.165, 1.54) is 25.1 Å². The van der Waals surface area contributed by atoms with Crippen LogP contribution >= 0.6 is 11.6 Å². The molecule has 1 aromatic rings. The fourth-order valence-corrected chi connectivity index (χ4v) is 1.45. The molecule has 5 heteroatoms. The zero-order chi connectivity index (χ0) is 12.3. The van der Waals surface area contributed by atoms with Gasteiger partial charge in [0.25, 0.3) is 0 Å². The molecule has 1 atom stereocenters. The molecule has 2 N–H and O–H groups in total. The van der Waals surface area contributed by atoms with E-state index in [-0.39, 0.29) is 17.9 Å². The molecule has 4 nitrogen and oxygen atoms in total. The van der Waals surface area contributed by atoms with Crippen molar-refractivity contribution in [1.29, 1.82) is 0 Å². The number of carbonyl (C=O) groups excluding carboxylic acids is 1. The summed E-state index contributed by atoms with van der Waals surface area (Å²) in [5.74, 6) is -1.03. The molecule has 16 heavy (non-hydrogen) atoms. The SMILES string of the molecule is CCOC(=O)C(C)(O)c1cc(Cl)ccc1O. The summed E-state index contributed by atoms with van der Waals surface area (Å²) in [6.45, 7) is 3.03. The quantitative estimate of drug-likeness (QED) is 0.796. The molecule has 0 heterocycles. The molecule has 88 valence electrons. The number of hydrogen-bond donors (Lipinski definition) is 2. The van der Waals surface area contributed by atoms with Gasteiger partial charge in [0.1, 0.15) is 5.75 Å². The van der Waals surface area contributed by atoms with E-state index in [0.717, 1.165) is 0 Å². The van der Waals surface area contributed by atoms with E-state index in [2.05, 4.69) is 0 Å². The Morgan fingerprint density at radius 1 is 1.56 bits per heavy atom. The lowest BCUT2D eigenvalue weighted by Crippen LogP contribution is -2.34. The van der Waals surface area contributed by atoms with Crippen molar-refractivity contribution in [3.8, 4) is 5.75 Å². The fraction of sp³-hybridized carbons (Fsp3) is 0.364. The average molecular weight is 245 g/mol. The molecule has 0 aliphatic heterocycles. The molecule has 0 aromatic heterocycles. The van der Waals surface area contributed by atoms with E-state index >= 15 is 0 Å². The number of carbonyl (C=O) groups is 1. The molecule has 1 aromatic carbocycles. The van der Waals surface area contributed by atoms with Gasteiger partial charge in [0.15, 0.2) is 5.60 Å². The number of phenolic OH excluding ortho intramolecular Hbond substituents is 1. The molecule has 0 radical (unpaired) electrons. The summed E-state index contributed by atoms with van der Waals surface area (Å²) < 4.78 is 4.71. The lowest BCUT2D eigenvalue weighted by atomic mass is 9.95. The molecule has 0 bridgehead atoms. The smallest absolute Gasteiger partial charge is 0.342 e. The van der Waals surface area contributed by atoms with Crippen molar-refractivity contribution < 1.29 is 19.7 Å². The van der Waals surface area contributed by atoms with Crippen molar-refractivity contribution in [2.24, 2.45) is 0 Å². The monoisotopic (exact) mass is 244 g/mol. The zero-order valence-electron chi connectivity index (χ0n) is 9.03. The van der Waals surface area contributed by atoms with Gasteiger partial charge in [-0.05, 0) is 32.0 Å². The molecule has 0 saturated carbocycles. The molecule has 1 unspecified atom stereocenters. The Labute approximate surface area is 98.4 Å². The van der Waals surface area contributed by atoms with E-state index in [1.807, 2.05) is 0 Å². The Morgan fingerprint density at radius 2 is 2.19 bits per heavy atom. The molecule has 0 saturated heterocycles. The van der Waals surface area contributed by atoms with Crippen LogP contribution in [-0.2, 0) is 15.1 Å². The lowest BCUT2D eigenvalue weighted by molar-refractivity contribution is -0.164. The van der Waals surface area contributed by atoms with Crippen molar-refractivity contribution in [1.82, 2.24) is 0 Å². The van der Waals surface area contributed by atoms with Crippen LogP contribution < -0.4 is 0 Å². The highest BCUT2D eigenvalue weighted by atomic mass is 35.5. The van der Waals surface area contributed by atoms with Gasteiger partial charge in [-0.15, -0.1) is 0 Å². The van der Waals surface area contributed by atoms with Gasteiger partial charge in [-0.1, -0.05) is 11.6 Å². The van der Waals surface area contributed by atoms with Crippen LogP contribution in [0.1, 0.15) is 19.4 Å². The van der Waals surface area contributed by atoms with E-state index in [1.54, 1.807) is 6.92 Å². The van der Waals surface area contributed by atoms with E-state index in [9.17, 15) is 15.0 Å². The number of rotatable bonds is 3. The van der Waals surface area contributed by atoms with Gasteiger partial charge in [0.05, 0.1) is 6.61 Å². The van der Waals surface area contributed by atoms with Crippen molar-refractivity contribution in [3.05, 3.63) is 28.8 Å². The summed E-state index contributed by atoms with van der Waals surface area (Å²) in [6, 6.07) is 4.10. The van der Waals surface area contributed by atoms with Gasteiger partial charge in [-0.3, -0.25) is 0 Å². The Balaban J connectivity index is 3.15. The summed E-state index contributed by atoms with van der Waals surface area (Å²) in [4.78, 5) is 11.5. The van der Waals surface area contributed by atoms with Gasteiger partial charge in [0, 0.05) is 10.6 Å². The average Bonchev–Trinajstić information content (AvgIpc) is 2.22. The zero-order valence-corrected chi connectivity index (χ0v) is 9.78. The second-order valence-corrected chi connectivity index (χ2v) is 3.89. The van der Waals surface area contributed by atoms with Crippen molar-refractivity contribution in [2.75, 3.05) is 6.61 Å². The standard InChI is InChI=1S/C11H13ClO4/c1-3-16-10(14)11(2,15)8-6-7(12)4-5-9(8)13/h4-6,13,15H,3H2,1-2H3. The maximum absolute atomic E-state index is 11.5. The van der Waals surface area contributed by atoms with Crippen LogP contribution in [0.5, 0.6) is 5.75 Å². The highest BCUT2D eigenvalue weighted by Crippen LogP contribution is 2.32. The van der Waals surface area contributed by atoms with Crippen LogP contribution in [0.15, 0.2) is 18.2 Å². The van der Waals surface area contributed by atoms with E-state index in [0.29, 0.717) is 5.02 Å². The van der Waals surface area contributed by atoms with Gasteiger partial charge in [-0.25, -0.2) is 4.79 Å². The van der Waals surface area contributed by atoms with Gasteiger partial charge < -0.3 is 14.9 Å². The van der Waals surface area contributed by atoms with Crippen LogP contribution in [0.25, 0.3) is 0 Å². The second kappa shape index (κ2) is 4.72. The van der Waals surface area contributed by atoms with Crippen molar-refractivity contribution >= 4 is 17.6 Å². The fourth-order valence-electron chi connectivity index (χ4n) is 1.28. The summed E-state index contributed by atoms with van der Waals surface area (Å²) in [7, 11) is 0. The summed E-state index contributed by atoms with van der Waals surface area (Å²) in [6.07, 6.45) is 0. The molecular formula is C11H13ClO4. The molecular weight excluding hydrogens is 232 g/mol. The maximum atomic E-state index is 11.5. The van der Waals surface area contributed by atoms with Gasteiger partial charge in [0.2, 0.25) is 0 Å². The molecule has 1 rings (SSSR count). The molecule has 0 fully saturated rings. The summed E-state index contributed by atoms with van der Waals surface area (Å²) in [5, 5.41) is 19.9. The first-order chi connectivity index (χ1) is 7.39. The predicted octanol–water partition coefficient (Wildman–Crippen LogP) is 1.82. The number of esters is 1. The number of benzene rings is 1. The number of phenols is 1. The normalized spacial score (nSPS) is 14.2. The number of ether oxygens (including phenoxy) is 1. The van der Waals surface area contributed by atoms with Crippen molar-refractivity contribution in [3.63, 3.8) is 0 Å². The number of halogens is 1. The van der Waals surface area contributed by atoms with Crippen LogP contribution in [0, 0.1) is 0 Å². The highest BCUT2D eigenvalue weighted by Gasteiger charge is 2.36. The third kappa shape index (κ3) is 2.46. The minimum atomic E-state index is -1.91. The molecule has 0 spiro atoms. The summed E-state index contributed by atoms with van der Waals surface area (Å²) >= 11 is 5.73. The summed E-state index contributed by atoms with van der Waals surface area (Å²) in [5.41, 5.74) is -1.89. The van der Waals surface area contributed by atoms with Crippen LogP contribution in [0.3, 0.4) is 0 Å². The van der Waals surface area contributed by atoms with E-state index in [4.69, 9.17) is 16.3 Å². The van der Waals surface area contributed by atoms with Crippen LogP contribution in [0.4, 0.5) is 0 Å². The van der Waals surface area contributed by atoms with Crippen molar-refractivity contribution in [2.45, 2.75) is 19.4 Å². The van der Waals surface area contributed by atoms with Crippen LogP contribution in [0.2, 0.25) is 5.02 Å². The van der Waals surface area contributed by atoms with Gasteiger partial charge >= 0.3 is 5.97 Å². The lowest BCUT2D eigenvalue weighted by Gasteiger charge is -2.22. The van der Waals surface area contributed by atoms with E-state index < -0.39 is 11.6 Å². The Bertz CT molecular complexity index is 401. The topological polar surface area (TPSA) is 66.8 Å².